The second-order valence-electron chi connectivity index (χ2n) is 3.87. The van der Waals surface area contributed by atoms with Crippen molar-refractivity contribution in [1.29, 1.82) is 5.26 Å². The molecule has 0 aliphatic carbocycles. The van der Waals surface area contributed by atoms with Crippen molar-refractivity contribution in [3.63, 3.8) is 0 Å². The minimum Gasteiger partial charge on any atom is -0.497 e. The first-order chi connectivity index (χ1) is 8.72. The Kier molecular flexibility index (Phi) is 3.91. The zero-order chi connectivity index (χ0) is 13.0. The minimum atomic E-state index is 0.701. The molecule has 0 aliphatic heterocycles. The normalized spacial score (nSPS) is 9.83. The lowest BCUT2D eigenvalue weighted by Gasteiger charge is -2.06. The van der Waals surface area contributed by atoms with Crippen LogP contribution in [0.15, 0.2) is 52.3 Å². The third-order valence-corrected chi connectivity index (χ3v) is 3.78. The van der Waals surface area contributed by atoms with Crippen LogP contribution >= 0.6 is 11.8 Å². The number of methoxy groups -OCH3 is 1. The van der Waals surface area contributed by atoms with Gasteiger partial charge in [-0.1, -0.05) is 11.8 Å². The highest BCUT2D eigenvalue weighted by molar-refractivity contribution is 7.99. The van der Waals surface area contributed by atoms with Gasteiger partial charge < -0.3 is 4.74 Å². The van der Waals surface area contributed by atoms with Crippen LogP contribution in [0.3, 0.4) is 0 Å². The summed E-state index contributed by atoms with van der Waals surface area (Å²) in [6, 6.07) is 15.8. The van der Waals surface area contributed by atoms with Gasteiger partial charge in [-0.15, -0.1) is 0 Å². The molecule has 0 saturated heterocycles. The maximum atomic E-state index is 8.83. The SMILES string of the molecule is COc1ccc(Sc2ccc(C#N)cc2C)cc1. The Balaban J connectivity index is 2.20. The molecule has 18 heavy (non-hydrogen) atoms. The average Bonchev–Trinajstić information content (AvgIpc) is 2.42. The maximum absolute atomic E-state index is 8.83. The lowest BCUT2D eigenvalue weighted by atomic mass is 10.2. The first kappa shape index (κ1) is 12.5. The van der Waals surface area contributed by atoms with Gasteiger partial charge in [-0.3, -0.25) is 0 Å². The summed E-state index contributed by atoms with van der Waals surface area (Å²) in [7, 11) is 1.66. The summed E-state index contributed by atoms with van der Waals surface area (Å²) in [4.78, 5) is 2.32. The molecule has 0 unspecified atom stereocenters. The van der Waals surface area contributed by atoms with Gasteiger partial charge in [0.1, 0.15) is 5.75 Å². The molecule has 90 valence electrons. The van der Waals surface area contributed by atoms with Crippen molar-refractivity contribution in [2.45, 2.75) is 16.7 Å². The van der Waals surface area contributed by atoms with Crippen LogP contribution in [0.4, 0.5) is 0 Å². The van der Waals surface area contributed by atoms with E-state index in [9.17, 15) is 0 Å². The lowest BCUT2D eigenvalue weighted by molar-refractivity contribution is 0.414. The van der Waals surface area contributed by atoms with Gasteiger partial charge in [-0.2, -0.15) is 5.26 Å². The molecule has 0 bridgehead atoms. The highest BCUT2D eigenvalue weighted by Gasteiger charge is 2.02. The van der Waals surface area contributed by atoms with Crippen molar-refractivity contribution in [2.75, 3.05) is 7.11 Å². The van der Waals surface area contributed by atoms with E-state index in [1.54, 1.807) is 18.9 Å². The monoisotopic (exact) mass is 255 g/mol. The maximum Gasteiger partial charge on any atom is 0.118 e. The second kappa shape index (κ2) is 5.61. The van der Waals surface area contributed by atoms with Crippen molar-refractivity contribution in [3.8, 4) is 11.8 Å². The summed E-state index contributed by atoms with van der Waals surface area (Å²) in [5.41, 5.74) is 1.82. The molecule has 2 nitrogen and oxygen atoms in total. The molecule has 0 spiro atoms. The predicted molar refractivity (Wildman–Crippen MR) is 73.0 cm³/mol. The quantitative estimate of drug-likeness (QED) is 0.830. The van der Waals surface area contributed by atoms with Gasteiger partial charge in [-0.25, -0.2) is 0 Å². The van der Waals surface area contributed by atoms with Gasteiger partial charge in [0.15, 0.2) is 0 Å². The standard InChI is InChI=1S/C15H13NOS/c1-11-9-12(10-16)3-8-15(11)18-14-6-4-13(17-2)5-7-14/h3-9H,1-2H3. The van der Waals surface area contributed by atoms with E-state index in [1.807, 2.05) is 49.4 Å². The van der Waals surface area contributed by atoms with E-state index in [4.69, 9.17) is 10.00 Å². The molecule has 0 aliphatic rings. The number of rotatable bonds is 3. The highest BCUT2D eigenvalue weighted by atomic mass is 32.2. The molecule has 0 amide bonds. The van der Waals surface area contributed by atoms with Gasteiger partial charge in [0.05, 0.1) is 18.7 Å². The summed E-state index contributed by atoms with van der Waals surface area (Å²) in [5.74, 6) is 0.857. The molecule has 3 heteroatoms. The van der Waals surface area contributed by atoms with Gasteiger partial charge in [-0.05, 0) is 55.0 Å². The van der Waals surface area contributed by atoms with Crippen LogP contribution in [-0.2, 0) is 0 Å². The van der Waals surface area contributed by atoms with Crippen LogP contribution in [-0.4, -0.2) is 7.11 Å². The molecule has 2 aromatic carbocycles. The Hall–Kier alpha value is -1.92. The predicted octanol–water partition coefficient (Wildman–Crippen LogP) is 4.03. The van der Waals surface area contributed by atoms with Crippen LogP contribution in [0.25, 0.3) is 0 Å². The Morgan fingerprint density at radius 3 is 2.39 bits per heavy atom. The molecule has 0 heterocycles. The van der Waals surface area contributed by atoms with Crippen LogP contribution in [0, 0.1) is 18.3 Å². The van der Waals surface area contributed by atoms with Gasteiger partial charge >= 0.3 is 0 Å². The summed E-state index contributed by atoms with van der Waals surface area (Å²) in [5, 5.41) is 8.83. The first-order valence-electron chi connectivity index (χ1n) is 5.55. The third-order valence-electron chi connectivity index (χ3n) is 2.59. The fourth-order valence-electron chi connectivity index (χ4n) is 1.60. The molecule has 0 radical (unpaired) electrons. The van der Waals surface area contributed by atoms with Crippen molar-refractivity contribution >= 4 is 11.8 Å². The zero-order valence-electron chi connectivity index (χ0n) is 10.3. The van der Waals surface area contributed by atoms with Crippen molar-refractivity contribution < 1.29 is 4.74 Å². The van der Waals surface area contributed by atoms with E-state index < -0.39 is 0 Å². The Morgan fingerprint density at radius 2 is 1.83 bits per heavy atom. The lowest BCUT2D eigenvalue weighted by Crippen LogP contribution is -1.84. The second-order valence-corrected chi connectivity index (χ2v) is 4.99. The number of ether oxygens (including phenoxy) is 1. The summed E-state index contributed by atoms with van der Waals surface area (Å²) in [6.07, 6.45) is 0. The van der Waals surface area contributed by atoms with Crippen molar-refractivity contribution in [2.24, 2.45) is 0 Å². The van der Waals surface area contributed by atoms with E-state index in [1.165, 1.54) is 4.90 Å². The Bertz CT molecular complexity index is 584. The fraction of sp³-hybridized carbons (Fsp3) is 0.133. The van der Waals surface area contributed by atoms with E-state index >= 15 is 0 Å². The number of nitriles is 1. The van der Waals surface area contributed by atoms with E-state index in [0.29, 0.717) is 5.56 Å². The molecule has 0 N–H and O–H groups in total. The molecular weight excluding hydrogens is 242 g/mol. The molecule has 0 aromatic heterocycles. The third kappa shape index (κ3) is 2.85. The molecule has 0 saturated carbocycles. The molecule has 2 aromatic rings. The van der Waals surface area contributed by atoms with Gasteiger partial charge in [0.25, 0.3) is 0 Å². The number of benzene rings is 2. The topological polar surface area (TPSA) is 33.0 Å². The number of hydrogen-bond acceptors (Lipinski definition) is 3. The van der Waals surface area contributed by atoms with Gasteiger partial charge in [0.2, 0.25) is 0 Å². The van der Waals surface area contributed by atoms with E-state index in [2.05, 4.69) is 6.07 Å². The van der Waals surface area contributed by atoms with E-state index in [-0.39, 0.29) is 0 Å². The highest BCUT2D eigenvalue weighted by Crippen LogP contribution is 2.31. The smallest absolute Gasteiger partial charge is 0.118 e. The van der Waals surface area contributed by atoms with Crippen LogP contribution in [0.1, 0.15) is 11.1 Å². The number of aryl methyl sites for hydroxylation is 1. The van der Waals surface area contributed by atoms with Crippen molar-refractivity contribution in [3.05, 3.63) is 53.6 Å². The summed E-state index contributed by atoms with van der Waals surface area (Å²) >= 11 is 1.69. The molecule has 0 atom stereocenters. The molecular formula is C15H13NOS. The van der Waals surface area contributed by atoms with Crippen LogP contribution in [0.2, 0.25) is 0 Å². The average molecular weight is 255 g/mol. The summed E-state index contributed by atoms with van der Waals surface area (Å²) in [6.45, 7) is 2.02. The minimum absolute atomic E-state index is 0.701. The molecule has 0 fully saturated rings. The zero-order valence-corrected chi connectivity index (χ0v) is 11.1. The van der Waals surface area contributed by atoms with E-state index in [0.717, 1.165) is 16.2 Å². The summed E-state index contributed by atoms with van der Waals surface area (Å²) < 4.78 is 5.13. The van der Waals surface area contributed by atoms with Crippen LogP contribution in [0.5, 0.6) is 5.75 Å². The first-order valence-corrected chi connectivity index (χ1v) is 6.37. The molecule has 2 rings (SSSR count). The Labute approximate surface area is 111 Å². The Morgan fingerprint density at radius 1 is 1.11 bits per heavy atom. The largest absolute Gasteiger partial charge is 0.497 e. The fourth-order valence-corrected chi connectivity index (χ4v) is 2.49. The van der Waals surface area contributed by atoms with Crippen molar-refractivity contribution in [1.82, 2.24) is 0 Å². The van der Waals surface area contributed by atoms with Crippen LogP contribution < -0.4 is 4.74 Å². The number of hydrogen-bond donors (Lipinski definition) is 0. The number of nitrogens with zero attached hydrogens (tertiary/aromatic N) is 1. The van der Waals surface area contributed by atoms with Gasteiger partial charge in [0, 0.05) is 9.79 Å².